The minimum absolute atomic E-state index is 0.141. The molecule has 0 aliphatic carbocycles. The molecule has 0 atom stereocenters. The highest BCUT2D eigenvalue weighted by Crippen LogP contribution is 2.11. The zero-order valence-corrected chi connectivity index (χ0v) is 9.69. The molecule has 1 amide bonds. The second-order valence-corrected chi connectivity index (χ2v) is 5.10. The number of hydrogen-bond acceptors (Lipinski definition) is 5. The maximum Gasteiger partial charge on any atom is 0.280 e. The standard InChI is InChI=1S/C9H9N3OS2/c1-6-4-11-7(15-6)5-12-8(13)9-10-2-3-14-9/h2-4H,5H2,1H3,(H,12,13). The van der Waals surface area contributed by atoms with E-state index in [1.54, 1.807) is 29.1 Å². The SMILES string of the molecule is Cc1cnc(CNC(=O)c2nccs2)s1. The number of aryl methyl sites for hydroxylation is 1. The van der Waals surface area contributed by atoms with Crippen molar-refractivity contribution in [1.82, 2.24) is 15.3 Å². The topological polar surface area (TPSA) is 54.9 Å². The molecule has 1 N–H and O–H groups in total. The number of thiazole rings is 2. The zero-order chi connectivity index (χ0) is 10.7. The molecule has 15 heavy (non-hydrogen) atoms. The van der Waals surface area contributed by atoms with Gasteiger partial charge in [0.25, 0.3) is 5.91 Å². The Morgan fingerprint density at radius 3 is 3.00 bits per heavy atom. The monoisotopic (exact) mass is 239 g/mol. The molecule has 78 valence electrons. The molecule has 2 rings (SSSR count). The summed E-state index contributed by atoms with van der Waals surface area (Å²) in [6, 6.07) is 0. The predicted molar refractivity (Wildman–Crippen MR) is 60.1 cm³/mol. The van der Waals surface area contributed by atoms with Crippen LogP contribution < -0.4 is 5.32 Å². The number of carbonyl (C=O) groups is 1. The van der Waals surface area contributed by atoms with E-state index >= 15 is 0 Å². The highest BCUT2D eigenvalue weighted by Gasteiger charge is 2.08. The number of rotatable bonds is 3. The van der Waals surface area contributed by atoms with E-state index in [9.17, 15) is 4.79 Å². The number of nitrogens with one attached hydrogen (secondary N) is 1. The Hall–Kier alpha value is -1.27. The molecule has 0 bridgehead atoms. The fourth-order valence-corrected chi connectivity index (χ4v) is 2.33. The van der Waals surface area contributed by atoms with Crippen LogP contribution in [-0.4, -0.2) is 15.9 Å². The van der Waals surface area contributed by atoms with Crippen molar-refractivity contribution in [2.24, 2.45) is 0 Å². The summed E-state index contributed by atoms with van der Waals surface area (Å²) in [5, 5.41) is 5.96. The van der Waals surface area contributed by atoms with Gasteiger partial charge in [-0.2, -0.15) is 0 Å². The number of carbonyl (C=O) groups excluding carboxylic acids is 1. The highest BCUT2D eigenvalue weighted by molar-refractivity contribution is 7.12. The van der Waals surface area contributed by atoms with Gasteiger partial charge < -0.3 is 5.32 Å². The van der Waals surface area contributed by atoms with Gasteiger partial charge in [0, 0.05) is 22.7 Å². The molecule has 0 aliphatic heterocycles. The first-order valence-electron chi connectivity index (χ1n) is 4.34. The maximum atomic E-state index is 11.5. The largest absolute Gasteiger partial charge is 0.343 e. The molecule has 0 saturated carbocycles. The Balaban J connectivity index is 1.91. The Labute approximate surface area is 95.0 Å². The Morgan fingerprint density at radius 2 is 2.40 bits per heavy atom. The Kier molecular flexibility index (Phi) is 3.08. The third-order valence-electron chi connectivity index (χ3n) is 1.70. The fraction of sp³-hybridized carbons (Fsp3) is 0.222. The van der Waals surface area contributed by atoms with Crippen molar-refractivity contribution in [1.29, 1.82) is 0 Å². The van der Waals surface area contributed by atoms with Gasteiger partial charge in [0.2, 0.25) is 0 Å². The van der Waals surface area contributed by atoms with Crippen LogP contribution in [0.4, 0.5) is 0 Å². The first-order chi connectivity index (χ1) is 7.25. The smallest absolute Gasteiger partial charge is 0.280 e. The number of nitrogens with zero attached hydrogens (tertiary/aromatic N) is 2. The Morgan fingerprint density at radius 1 is 1.53 bits per heavy atom. The summed E-state index contributed by atoms with van der Waals surface area (Å²) in [6.07, 6.45) is 3.42. The van der Waals surface area contributed by atoms with Crippen LogP contribution >= 0.6 is 22.7 Å². The van der Waals surface area contributed by atoms with Gasteiger partial charge in [-0.15, -0.1) is 22.7 Å². The van der Waals surface area contributed by atoms with Crippen molar-refractivity contribution in [3.63, 3.8) is 0 Å². The molecule has 6 heteroatoms. The molecular formula is C9H9N3OS2. The third-order valence-corrected chi connectivity index (χ3v) is 3.38. The van der Waals surface area contributed by atoms with E-state index in [1.807, 2.05) is 6.92 Å². The maximum absolute atomic E-state index is 11.5. The molecule has 0 aliphatic rings. The van der Waals surface area contributed by atoms with Gasteiger partial charge in [0.1, 0.15) is 5.01 Å². The average molecular weight is 239 g/mol. The van der Waals surface area contributed by atoms with Crippen LogP contribution in [0.5, 0.6) is 0 Å². The molecule has 2 heterocycles. The van der Waals surface area contributed by atoms with E-state index in [-0.39, 0.29) is 5.91 Å². The van der Waals surface area contributed by atoms with Crippen molar-refractivity contribution < 1.29 is 4.79 Å². The quantitative estimate of drug-likeness (QED) is 0.889. The molecule has 0 aromatic carbocycles. The van der Waals surface area contributed by atoms with E-state index in [4.69, 9.17) is 0 Å². The lowest BCUT2D eigenvalue weighted by Gasteiger charge is -1.98. The summed E-state index contributed by atoms with van der Waals surface area (Å²) in [4.78, 5) is 20.7. The molecule has 0 saturated heterocycles. The molecule has 4 nitrogen and oxygen atoms in total. The molecule has 2 aromatic heterocycles. The average Bonchev–Trinajstić information content (AvgIpc) is 2.84. The van der Waals surface area contributed by atoms with Gasteiger partial charge >= 0.3 is 0 Å². The Bertz CT molecular complexity index is 450. The summed E-state index contributed by atoms with van der Waals surface area (Å²) in [7, 11) is 0. The lowest BCUT2D eigenvalue weighted by atomic mass is 10.5. The second kappa shape index (κ2) is 4.50. The minimum atomic E-state index is -0.141. The number of hydrogen-bond donors (Lipinski definition) is 1. The van der Waals surface area contributed by atoms with Gasteiger partial charge in [0.15, 0.2) is 5.01 Å². The lowest BCUT2D eigenvalue weighted by molar-refractivity contribution is 0.0950. The molecule has 0 radical (unpaired) electrons. The van der Waals surface area contributed by atoms with E-state index < -0.39 is 0 Å². The summed E-state index contributed by atoms with van der Waals surface area (Å²) in [5.41, 5.74) is 0. The van der Waals surface area contributed by atoms with E-state index in [0.29, 0.717) is 11.6 Å². The summed E-state index contributed by atoms with van der Waals surface area (Å²) < 4.78 is 0. The third kappa shape index (κ3) is 2.60. The molecule has 2 aromatic rings. The van der Waals surface area contributed by atoms with Gasteiger partial charge in [-0.25, -0.2) is 9.97 Å². The van der Waals surface area contributed by atoms with Gasteiger partial charge in [0.05, 0.1) is 6.54 Å². The molecule has 0 spiro atoms. The summed E-state index contributed by atoms with van der Waals surface area (Å²) in [5.74, 6) is -0.141. The predicted octanol–water partition coefficient (Wildman–Crippen LogP) is 1.84. The van der Waals surface area contributed by atoms with E-state index in [2.05, 4.69) is 15.3 Å². The van der Waals surface area contributed by atoms with Crippen molar-refractivity contribution in [3.05, 3.63) is 32.7 Å². The molecule has 0 fully saturated rings. The van der Waals surface area contributed by atoms with Gasteiger partial charge in [-0.05, 0) is 6.92 Å². The van der Waals surface area contributed by atoms with Crippen LogP contribution in [0.2, 0.25) is 0 Å². The van der Waals surface area contributed by atoms with Crippen LogP contribution in [0.3, 0.4) is 0 Å². The molecular weight excluding hydrogens is 230 g/mol. The minimum Gasteiger partial charge on any atom is -0.343 e. The van der Waals surface area contributed by atoms with Gasteiger partial charge in [-0.1, -0.05) is 0 Å². The van der Waals surface area contributed by atoms with E-state index in [1.165, 1.54) is 11.3 Å². The highest BCUT2D eigenvalue weighted by atomic mass is 32.1. The van der Waals surface area contributed by atoms with Crippen molar-refractivity contribution in [2.75, 3.05) is 0 Å². The first kappa shape index (κ1) is 10.3. The fourth-order valence-electron chi connectivity index (χ4n) is 1.05. The zero-order valence-electron chi connectivity index (χ0n) is 8.06. The summed E-state index contributed by atoms with van der Waals surface area (Å²) >= 11 is 2.92. The van der Waals surface area contributed by atoms with Gasteiger partial charge in [-0.3, -0.25) is 4.79 Å². The van der Waals surface area contributed by atoms with Crippen LogP contribution in [0.1, 0.15) is 19.7 Å². The second-order valence-electron chi connectivity index (χ2n) is 2.88. The number of aromatic nitrogens is 2. The van der Waals surface area contributed by atoms with Crippen LogP contribution in [0.15, 0.2) is 17.8 Å². The van der Waals surface area contributed by atoms with Crippen LogP contribution in [0.25, 0.3) is 0 Å². The van der Waals surface area contributed by atoms with Crippen molar-refractivity contribution in [2.45, 2.75) is 13.5 Å². The van der Waals surface area contributed by atoms with Crippen LogP contribution in [0, 0.1) is 6.92 Å². The van der Waals surface area contributed by atoms with Crippen LogP contribution in [-0.2, 0) is 6.54 Å². The van der Waals surface area contributed by atoms with E-state index in [0.717, 1.165) is 9.88 Å². The first-order valence-corrected chi connectivity index (χ1v) is 6.04. The molecule has 0 unspecified atom stereocenters. The lowest BCUT2D eigenvalue weighted by Crippen LogP contribution is -2.22. The van der Waals surface area contributed by atoms with Crippen molar-refractivity contribution >= 4 is 28.6 Å². The normalized spacial score (nSPS) is 10.2. The number of amides is 1. The van der Waals surface area contributed by atoms with Crippen molar-refractivity contribution in [3.8, 4) is 0 Å². The summed E-state index contributed by atoms with van der Waals surface area (Å²) in [6.45, 7) is 2.46.